The van der Waals surface area contributed by atoms with Gasteiger partial charge in [-0.25, -0.2) is 4.98 Å². The number of nitrogens with zero attached hydrogens (tertiary/aromatic N) is 2. The summed E-state index contributed by atoms with van der Waals surface area (Å²) in [4.78, 5) is 4.05. The number of hydrogen-bond donors (Lipinski definition) is 0. The molecule has 1 heterocycles. The number of aromatic nitrogens is 1. The van der Waals surface area contributed by atoms with Crippen LogP contribution in [0.5, 0.6) is 11.6 Å². The Labute approximate surface area is 113 Å². The predicted molar refractivity (Wildman–Crippen MR) is 72.9 cm³/mol. The van der Waals surface area contributed by atoms with Crippen LogP contribution in [0.2, 0.25) is 0 Å². The molecule has 0 unspecified atom stereocenters. The minimum absolute atomic E-state index is 0.343. The first-order valence-corrected chi connectivity index (χ1v) is 6.07. The summed E-state index contributed by atoms with van der Waals surface area (Å²) in [5.41, 5.74) is 1.57. The Hall–Kier alpha value is -1.61. The smallest absolute Gasteiger partial charge is 0.237 e. The molecule has 0 radical (unpaired) electrons. The Bertz CT molecular complexity index is 590. The van der Waals surface area contributed by atoms with Gasteiger partial charge in [0.25, 0.3) is 0 Å². The van der Waals surface area contributed by atoms with Crippen LogP contribution in [-0.2, 0) is 0 Å². The van der Waals surface area contributed by atoms with Gasteiger partial charge in [-0.2, -0.15) is 5.26 Å². The Morgan fingerprint density at radius 3 is 2.88 bits per heavy atom. The van der Waals surface area contributed by atoms with Crippen molar-refractivity contribution in [3.8, 4) is 17.7 Å². The molecule has 0 aliphatic carbocycles. The Morgan fingerprint density at radius 2 is 2.18 bits per heavy atom. The second kappa shape index (κ2) is 5.15. The fourth-order valence-corrected chi connectivity index (χ4v) is 1.69. The summed E-state index contributed by atoms with van der Waals surface area (Å²) in [6.45, 7) is 2.01. The molecule has 1 aromatic heterocycles. The van der Waals surface area contributed by atoms with E-state index in [-0.39, 0.29) is 0 Å². The summed E-state index contributed by atoms with van der Waals surface area (Å²) in [6, 6.07) is 11.2. The monoisotopic (exact) mass is 336 g/mol. The zero-order chi connectivity index (χ0) is 12.3. The lowest BCUT2D eigenvalue weighted by atomic mass is 10.2. The van der Waals surface area contributed by atoms with E-state index < -0.39 is 0 Å². The quantitative estimate of drug-likeness (QED) is 0.787. The number of pyridine rings is 1. The van der Waals surface area contributed by atoms with Gasteiger partial charge in [-0.05, 0) is 65.4 Å². The highest BCUT2D eigenvalue weighted by atomic mass is 127. The van der Waals surface area contributed by atoms with Crippen molar-refractivity contribution in [1.82, 2.24) is 4.98 Å². The number of hydrogen-bond acceptors (Lipinski definition) is 3. The van der Waals surface area contributed by atoms with Crippen LogP contribution >= 0.6 is 22.6 Å². The van der Waals surface area contributed by atoms with Gasteiger partial charge in [0.15, 0.2) is 0 Å². The van der Waals surface area contributed by atoms with Gasteiger partial charge in [-0.3, -0.25) is 0 Å². The maximum Gasteiger partial charge on any atom is 0.237 e. The molecule has 0 aliphatic rings. The van der Waals surface area contributed by atoms with E-state index in [9.17, 15) is 0 Å². The van der Waals surface area contributed by atoms with Gasteiger partial charge in [-0.1, -0.05) is 0 Å². The van der Waals surface area contributed by atoms with Crippen LogP contribution in [0.4, 0.5) is 0 Å². The van der Waals surface area contributed by atoms with Crippen LogP contribution in [-0.4, -0.2) is 4.98 Å². The van der Waals surface area contributed by atoms with E-state index in [0.29, 0.717) is 17.2 Å². The third-order valence-electron chi connectivity index (χ3n) is 2.24. The van der Waals surface area contributed by atoms with Crippen LogP contribution in [0.1, 0.15) is 11.1 Å². The van der Waals surface area contributed by atoms with E-state index in [4.69, 9.17) is 10.00 Å². The van der Waals surface area contributed by atoms with Crippen LogP contribution in [0.25, 0.3) is 0 Å². The molecule has 0 N–H and O–H groups in total. The van der Waals surface area contributed by atoms with E-state index in [1.54, 1.807) is 18.3 Å². The van der Waals surface area contributed by atoms with Crippen molar-refractivity contribution in [3.05, 3.63) is 51.2 Å². The Balaban J connectivity index is 2.32. The summed E-state index contributed by atoms with van der Waals surface area (Å²) in [5.74, 6) is 1.04. The molecule has 0 aliphatic heterocycles. The topological polar surface area (TPSA) is 45.9 Å². The maximum absolute atomic E-state index is 8.92. The molecular formula is C13H9IN2O. The molecule has 2 aromatic rings. The fraction of sp³-hybridized carbons (Fsp3) is 0.0769. The molecule has 0 spiro atoms. The number of ether oxygens (including phenoxy) is 1. The summed E-state index contributed by atoms with van der Waals surface area (Å²) in [7, 11) is 0. The minimum atomic E-state index is 0.343. The molecule has 0 saturated heterocycles. The van der Waals surface area contributed by atoms with E-state index in [1.807, 2.05) is 25.1 Å². The molecule has 84 valence electrons. The molecule has 0 fully saturated rings. The Kier molecular flexibility index (Phi) is 3.59. The van der Waals surface area contributed by atoms with Crippen LogP contribution in [0.15, 0.2) is 36.5 Å². The normalized spacial score (nSPS) is 9.71. The largest absolute Gasteiger partial charge is 0.438 e. The van der Waals surface area contributed by atoms with Crippen LogP contribution < -0.4 is 4.74 Å². The Morgan fingerprint density at radius 1 is 1.35 bits per heavy atom. The van der Waals surface area contributed by atoms with Gasteiger partial charge >= 0.3 is 0 Å². The van der Waals surface area contributed by atoms with Crippen LogP contribution in [0, 0.1) is 21.8 Å². The van der Waals surface area contributed by atoms with Crippen molar-refractivity contribution in [1.29, 1.82) is 5.26 Å². The lowest BCUT2D eigenvalue weighted by Crippen LogP contribution is -1.92. The first-order valence-electron chi connectivity index (χ1n) is 5.00. The molecule has 4 heteroatoms. The average molecular weight is 336 g/mol. The van der Waals surface area contributed by atoms with Crippen molar-refractivity contribution >= 4 is 22.6 Å². The SMILES string of the molecule is Cc1cc(Oc2ncccc2C#N)ccc1I. The first kappa shape index (κ1) is 11.9. The van der Waals surface area contributed by atoms with E-state index in [0.717, 1.165) is 5.56 Å². The zero-order valence-electron chi connectivity index (χ0n) is 9.14. The summed E-state index contributed by atoms with van der Waals surface area (Å²) >= 11 is 2.26. The summed E-state index contributed by atoms with van der Waals surface area (Å²) in [5, 5.41) is 8.92. The number of halogens is 1. The molecule has 0 amide bonds. The zero-order valence-corrected chi connectivity index (χ0v) is 11.3. The molecule has 3 nitrogen and oxygen atoms in total. The van der Waals surface area contributed by atoms with Crippen LogP contribution in [0.3, 0.4) is 0 Å². The van der Waals surface area contributed by atoms with Gasteiger partial charge in [0.1, 0.15) is 17.4 Å². The predicted octanol–water partition coefficient (Wildman–Crippen LogP) is 3.66. The molecule has 0 saturated carbocycles. The standard InChI is InChI=1S/C13H9IN2O/c1-9-7-11(4-5-12(9)14)17-13-10(8-15)3-2-6-16-13/h2-7H,1H3. The van der Waals surface area contributed by atoms with Crippen molar-refractivity contribution < 1.29 is 4.74 Å². The van der Waals surface area contributed by atoms with Gasteiger partial charge < -0.3 is 4.74 Å². The van der Waals surface area contributed by atoms with Gasteiger partial charge in [0.05, 0.1) is 0 Å². The fourth-order valence-electron chi connectivity index (χ4n) is 1.35. The number of rotatable bonds is 2. The van der Waals surface area contributed by atoms with E-state index in [2.05, 4.69) is 33.6 Å². The lowest BCUT2D eigenvalue weighted by Gasteiger charge is -2.07. The third kappa shape index (κ3) is 2.74. The number of aryl methyl sites for hydroxylation is 1. The summed E-state index contributed by atoms with van der Waals surface area (Å²) in [6.07, 6.45) is 1.61. The molecule has 1 aromatic carbocycles. The van der Waals surface area contributed by atoms with Crippen molar-refractivity contribution in [2.45, 2.75) is 6.92 Å². The van der Waals surface area contributed by atoms with Gasteiger partial charge in [0.2, 0.25) is 5.88 Å². The second-order valence-electron chi connectivity index (χ2n) is 3.48. The number of benzene rings is 1. The average Bonchev–Trinajstić information content (AvgIpc) is 2.34. The summed E-state index contributed by atoms with van der Waals surface area (Å²) < 4.78 is 6.78. The third-order valence-corrected chi connectivity index (χ3v) is 3.45. The molecule has 0 bridgehead atoms. The van der Waals surface area contributed by atoms with Gasteiger partial charge in [0, 0.05) is 9.77 Å². The number of nitriles is 1. The van der Waals surface area contributed by atoms with Gasteiger partial charge in [-0.15, -0.1) is 0 Å². The van der Waals surface area contributed by atoms with Crippen molar-refractivity contribution in [3.63, 3.8) is 0 Å². The molecule has 17 heavy (non-hydrogen) atoms. The van der Waals surface area contributed by atoms with Crippen molar-refractivity contribution in [2.24, 2.45) is 0 Å². The van der Waals surface area contributed by atoms with E-state index >= 15 is 0 Å². The van der Waals surface area contributed by atoms with E-state index in [1.165, 1.54) is 3.57 Å². The highest BCUT2D eigenvalue weighted by Crippen LogP contribution is 2.25. The van der Waals surface area contributed by atoms with Crippen molar-refractivity contribution in [2.75, 3.05) is 0 Å². The lowest BCUT2D eigenvalue weighted by molar-refractivity contribution is 0.461. The molecular weight excluding hydrogens is 327 g/mol. The molecule has 0 atom stereocenters. The molecule has 2 rings (SSSR count). The second-order valence-corrected chi connectivity index (χ2v) is 4.64. The minimum Gasteiger partial charge on any atom is -0.438 e. The maximum atomic E-state index is 8.92. The highest BCUT2D eigenvalue weighted by molar-refractivity contribution is 14.1. The first-order chi connectivity index (χ1) is 8.20. The highest BCUT2D eigenvalue weighted by Gasteiger charge is 2.05.